The van der Waals surface area contributed by atoms with E-state index < -0.39 is 10.0 Å². The fourth-order valence-corrected chi connectivity index (χ4v) is 2.57. The van der Waals surface area contributed by atoms with Gasteiger partial charge in [0.05, 0.1) is 4.90 Å². The molecule has 0 aliphatic heterocycles. The molecule has 1 rings (SSSR count). The third-order valence-corrected chi connectivity index (χ3v) is 4.16. The number of ether oxygens (including phenoxy) is 1. The fraction of sp³-hybridized carbons (Fsp3) is 0.571. The zero-order chi connectivity index (χ0) is 15.2. The Labute approximate surface area is 121 Å². The highest BCUT2D eigenvalue weighted by Crippen LogP contribution is 2.19. The van der Waals surface area contributed by atoms with Crippen LogP contribution in [-0.2, 0) is 10.0 Å². The maximum atomic E-state index is 12.1. The Morgan fingerprint density at radius 3 is 2.30 bits per heavy atom. The Morgan fingerprint density at radius 2 is 1.80 bits per heavy atom. The van der Waals surface area contributed by atoms with Crippen molar-refractivity contribution in [2.45, 2.75) is 32.1 Å². The topological polar surface area (TPSA) is 81.4 Å². The summed E-state index contributed by atoms with van der Waals surface area (Å²) in [5.74, 6) is 0.615. The number of nitrogens with one attached hydrogen (secondary N) is 1. The van der Waals surface area contributed by atoms with Crippen LogP contribution in [0.25, 0.3) is 0 Å². The van der Waals surface area contributed by atoms with E-state index in [1.165, 1.54) is 12.1 Å². The summed E-state index contributed by atoms with van der Waals surface area (Å²) in [5, 5.41) is 0. The maximum Gasteiger partial charge on any atom is 0.240 e. The van der Waals surface area contributed by atoms with Gasteiger partial charge in [-0.3, -0.25) is 0 Å². The van der Waals surface area contributed by atoms with Crippen molar-refractivity contribution in [2.75, 3.05) is 19.7 Å². The van der Waals surface area contributed by atoms with Gasteiger partial charge < -0.3 is 10.5 Å². The van der Waals surface area contributed by atoms with Gasteiger partial charge in [0.25, 0.3) is 0 Å². The highest BCUT2D eigenvalue weighted by molar-refractivity contribution is 7.89. The van der Waals surface area contributed by atoms with Crippen molar-refractivity contribution >= 4 is 10.0 Å². The molecule has 1 aromatic rings. The average Bonchev–Trinajstić information content (AvgIpc) is 2.35. The summed E-state index contributed by atoms with van der Waals surface area (Å²) in [7, 11) is -3.45. The predicted molar refractivity (Wildman–Crippen MR) is 80.3 cm³/mol. The van der Waals surface area contributed by atoms with Gasteiger partial charge in [-0.1, -0.05) is 20.8 Å². The first-order chi connectivity index (χ1) is 9.24. The summed E-state index contributed by atoms with van der Waals surface area (Å²) in [4.78, 5) is 0.242. The summed E-state index contributed by atoms with van der Waals surface area (Å²) in [6.07, 6.45) is 0.782. The second-order valence-corrected chi connectivity index (χ2v) is 7.58. The highest BCUT2D eigenvalue weighted by Gasteiger charge is 2.16. The second-order valence-electron chi connectivity index (χ2n) is 5.82. The van der Waals surface area contributed by atoms with E-state index in [0.717, 1.165) is 6.42 Å². The van der Waals surface area contributed by atoms with E-state index in [-0.39, 0.29) is 10.3 Å². The van der Waals surface area contributed by atoms with E-state index in [2.05, 4.69) is 25.5 Å². The Kier molecular flexibility index (Phi) is 5.98. The van der Waals surface area contributed by atoms with Gasteiger partial charge in [-0.2, -0.15) is 0 Å². The highest BCUT2D eigenvalue weighted by atomic mass is 32.2. The fourth-order valence-electron chi connectivity index (χ4n) is 1.54. The minimum absolute atomic E-state index is 0.0996. The quantitative estimate of drug-likeness (QED) is 0.803. The summed E-state index contributed by atoms with van der Waals surface area (Å²) < 4.78 is 32.1. The lowest BCUT2D eigenvalue weighted by atomic mass is 9.93. The molecule has 0 aliphatic rings. The molecule has 0 aromatic heterocycles. The molecular weight excluding hydrogens is 276 g/mol. The van der Waals surface area contributed by atoms with E-state index in [0.29, 0.717) is 25.4 Å². The molecule has 20 heavy (non-hydrogen) atoms. The number of nitrogens with two attached hydrogens (primary N) is 1. The Bertz CT molecular complexity index is 504. The monoisotopic (exact) mass is 300 g/mol. The first-order valence-electron chi connectivity index (χ1n) is 6.67. The number of hydrogen-bond acceptors (Lipinski definition) is 4. The molecular formula is C14H24N2O3S. The van der Waals surface area contributed by atoms with Crippen molar-refractivity contribution < 1.29 is 13.2 Å². The van der Waals surface area contributed by atoms with E-state index in [1.54, 1.807) is 12.1 Å². The van der Waals surface area contributed by atoms with Crippen LogP contribution >= 0.6 is 0 Å². The van der Waals surface area contributed by atoms with Crippen molar-refractivity contribution in [3.63, 3.8) is 0 Å². The first-order valence-corrected chi connectivity index (χ1v) is 8.15. The molecule has 0 heterocycles. The lowest BCUT2D eigenvalue weighted by Crippen LogP contribution is -2.27. The van der Waals surface area contributed by atoms with Crippen LogP contribution in [0.15, 0.2) is 29.2 Å². The average molecular weight is 300 g/mol. The third-order valence-electron chi connectivity index (χ3n) is 2.69. The smallest absolute Gasteiger partial charge is 0.240 e. The zero-order valence-corrected chi connectivity index (χ0v) is 13.2. The summed E-state index contributed by atoms with van der Waals surface area (Å²) in [5.41, 5.74) is 5.43. The standard InChI is InChI=1S/C14H24N2O3S/c1-14(2,3)8-10-16-20(17,18)13-6-4-12(5-7-13)19-11-9-15/h4-7,16H,8-11,15H2,1-3H3. The molecule has 6 heteroatoms. The molecule has 0 saturated heterocycles. The van der Waals surface area contributed by atoms with Crippen LogP contribution in [0, 0.1) is 5.41 Å². The Hall–Kier alpha value is -1.11. The van der Waals surface area contributed by atoms with Crippen LogP contribution in [-0.4, -0.2) is 28.1 Å². The maximum absolute atomic E-state index is 12.1. The predicted octanol–water partition coefficient (Wildman–Crippen LogP) is 1.74. The lowest BCUT2D eigenvalue weighted by Gasteiger charge is -2.18. The molecule has 0 amide bonds. The van der Waals surface area contributed by atoms with E-state index in [9.17, 15) is 8.42 Å². The van der Waals surface area contributed by atoms with E-state index in [4.69, 9.17) is 10.5 Å². The van der Waals surface area contributed by atoms with Gasteiger partial charge in [0.1, 0.15) is 12.4 Å². The van der Waals surface area contributed by atoms with Gasteiger partial charge in [-0.15, -0.1) is 0 Å². The summed E-state index contributed by atoms with van der Waals surface area (Å²) >= 11 is 0. The van der Waals surface area contributed by atoms with Crippen LogP contribution in [0.4, 0.5) is 0 Å². The molecule has 0 unspecified atom stereocenters. The van der Waals surface area contributed by atoms with Gasteiger partial charge in [-0.25, -0.2) is 13.1 Å². The van der Waals surface area contributed by atoms with Gasteiger partial charge in [-0.05, 0) is 36.1 Å². The van der Waals surface area contributed by atoms with Crippen LogP contribution in [0.3, 0.4) is 0 Å². The van der Waals surface area contributed by atoms with Gasteiger partial charge in [0.15, 0.2) is 0 Å². The molecule has 3 N–H and O–H groups in total. The molecule has 0 fully saturated rings. The number of rotatable bonds is 7. The third kappa shape index (κ3) is 5.90. The minimum Gasteiger partial charge on any atom is -0.492 e. The SMILES string of the molecule is CC(C)(C)CCNS(=O)(=O)c1ccc(OCCN)cc1. The number of sulfonamides is 1. The molecule has 5 nitrogen and oxygen atoms in total. The van der Waals surface area contributed by atoms with Gasteiger partial charge in [0.2, 0.25) is 10.0 Å². The van der Waals surface area contributed by atoms with Gasteiger partial charge in [0, 0.05) is 13.1 Å². The molecule has 0 bridgehead atoms. The molecule has 0 saturated carbocycles. The van der Waals surface area contributed by atoms with Crippen LogP contribution < -0.4 is 15.2 Å². The molecule has 0 radical (unpaired) electrons. The number of benzene rings is 1. The van der Waals surface area contributed by atoms with Crippen LogP contribution in [0.2, 0.25) is 0 Å². The Balaban J connectivity index is 2.63. The first kappa shape index (κ1) is 16.9. The Morgan fingerprint density at radius 1 is 1.20 bits per heavy atom. The summed E-state index contributed by atoms with van der Waals surface area (Å²) in [6, 6.07) is 6.33. The van der Waals surface area contributed by atoms with Crippen molar-refractivity contribution in [3.8, 4) is 5.75 Å². The van der Waals surface area contributed by atoms with Crippen LogP contribution in [0.1, 0.15) is 27.2 Å². The normalized spacial score (nSPS) is 12.4. The van der Waals surface area contributed by atoms with Crippen molar-refractivity contribution in [3.05, 3.63) is 24.3 Å². The molecule has 1 aromatic carbocycles. The lowest BCUT2D eigenvalue weighted by molar-refractivity contribution is 0.328. The molecule has 0 spiro atoms. The van der Waals surface area contributed by atoms with Crippen molar-refractivity contribution in [1.82, 2.24) is 4.72 Å². The van der Waals surface area contributed by atoms with E-state index in [1.807, 2.05) is 0 Å². The second kappa shape index (κ2) is 7.06. The van der Waals surface area contributed by atoms with E-state index >= 15 is 0 Å². The minimum atomic E-state index is -3.45. The van der Waals surface area contributed by atoms with Crippen molar-refractivity contribution in [2.24, 2.45) is 11.1 Å². The summed E-state index contributed by atoms with van der Waals surface area (Å²) in [6.45, 7) is 7.49. The largest absolute Gasteiger partial charge is 0.492 e. The zero-order valence-electron chi connectivity index (χ0n) is 12.3. The van der Waals surface area contributed by atoms with Gasteiger partial charge >= 0.3 is 0 Å². The molecule has 114 valence electrons. The molecule has 0 aliphatic carbocycles. The molecule has 0 atom stereocenters. The van der Waals surface area contributed by atoms with Crippen molar-refractivity contribution in [1.29, 1.82) is 0 Å². The number of hydrogen-bond donors (Lipinski definition) is 2. The van der Waals surface area contributed by atoms with Crippen LogP contribution in [0.5, 0.6) is 5.75 Å².